The van der Waals surface area contributed by atoms with Crippen molar-refractivity contribution in [3.8, 4) is 0 Å². The highest BCUT2D eigenvalue weighted by Gasteiger charge is 2.42. The molecule has 1 N–H and O–H groups in total. The van der Waals surface area contributed by atoms with Crippen molar-refractivity contribution in [3.05, 3.63) is 29.8 Å². The van der Waals surface area contributed by atoms with E-state index in [4.69, 9.17) is 0 Å². The van der Waals surface area contributed by atoms with Gasteiger partial charge in [0.05, 0.1) is 0 Å². The molecule has 1 unspecified atom stereocenters. The molecule has 1 aliphatic heterocycles. The van der Waals surface area contributed by atoms with Gasteiger partial charge in [-0.2, -0.15) is 0 Å². The fourth-order valence-electron chi connectivity index (χ4n) is 2.36. The van der Waals surface area contributed by atoms with Crippen LogP contribution in [0.2, 0.25) is 0 Å². The van der Waals surface area contributed by atoms with Gasteiger partial charge in [0.1, 0.15) is 12.6 Å². The number of benzene rings is 1. The molecule has 0 bridgehead atoms. The number of nitrogens with one attached hydrogen (secondary N) is 1. The Balaban J connectivity index is 1.87. The second-order valence-corrected chi connectivity index (χ2v) is 5.14. The molecule has 0 radical (unpaired) electrons. The Kier molecular flexibility index (Phi) is 2.58. The number of hydrogen-bond donors (Lipinski definition) is 1. The van der Waals surface area contributed by atoms with Crippen molar-refractivity contribution in [2.75, 3.05) is 11.4 Å². The third-order valence-corrected chi connectivity index (χ3v) is 3.59. The van der Waals surface area contributed by atoms with Gasteiger partial charge in [-0.25, -0.2) is 0 Å². The molecule has 2 fully saturated rings. The van der Waals surface area contributed by atoms with Crippen LogP contribution in [0, 0.1) is 12.8 Å². The van der Waals surface area contributed by atoms with Crippen LogP contribution in [0.15, 0.2) is 24.3 Å². The molecule has 1 aromatic rings. The first kappa shape index (κ1) is 11.3. The minimum absolute atomic E-state index is 0.0287. The highest BCUT2D eigenvalue weighted by Crippen LogP contribution is 2.35. The number of piperazine rings is 1. The average molecular weight is 244 g/mol. The Labute approximate surface area is 106 Å². The minimum Gasteiger partial charge on any atom is -0.342 e. The van der Waals surface area contributed by atoms with Gasteiger partial charge in [-0.05, 0) is 37.8 Å². The van der Waals surface area contributed by atoms with Crippen molar-refractivity contribution in [3.63, 3.8) is 0 Å². The standard InChI is InChI=1S/C14H16N2O2/c1-9-2-6-11(7-3-9)16-8-12(17)15-13(14(16)18)10-4-5-10/h2-3,6-7,10,13H,4-5,8H2,1H3,(H,15,17). The lowest BCUT2D eigenvalue weighted by atomic mass is 10.1. The number of carbonyl (C=O) groups is 2. The van der Waals surface area contributed by atoms with Gasteiger partial charge in [0.15, 0.2) is 0 Å². The molecule has 4 nitrogen and oxygen atoms in total. The number of aryl methyl sites for hydroxylation is 1. The number of carbonyl (C=O) groups excluding carboxylic acids is 2. The number of nitrogens with zero attached hydrogens (tertiary/aromatic N) is 1. The molecule has 1 aliphatic carbocycles. The zero-order chi connectivity index (χ0) is 12.7. The van der Waals surface area contributed by atoms with Crippen molar-refractivity contribution < 1.29 is 9.59 Å². The van der Waals surface area contributed by atoms with Crippen molar-refractivity contribution in [2.24, 2.45) is 5.92 Å². The third-order valence-electron chi connectivity index (χ3n) is 3.59. The Hall–Kier alpha value is -1.84. The van der Waals surface area contributed by atoms with Gasteiger partial charge in [-0.1, -0.05) is 17.7 Å². The molecule has 0 spiro atoms. The predicted molar refractivity (Wildman–Crippen MR) is 68.2 cm³/mol. The molecule has 1 heterocycles. The van der Waals surface area contributed by atoms with E-state index in [1.54, 1.807) is 4.90 Å². The summed E-state index contributed by atoms with van der Waals surface area (Å²) in [5, 5.41) is 2.81. The van der Waals surface area contributed by atoms with E-state index in [9.17, 15) is 9.59 Å². The van der Waals surface area contributed by atoms with Crippen LogP contribution in [0.3, 0.4) is 0 Å². The molecule has 2 amide bonds. The SMILES string of the molecule is Cc1ccc(N2CC(=O)NC(C3CC3)C2=O)cc1. The molecule has 1 aromatic carbocycles. The number of rotatable bonds is 2. The monoisotopic (exact) mass is 244 g/mol. The summed E-state index contributed by atoms with van der Waals surface area (Å²) in [6.07, 6.45) is 2.08. The van der Waals surface area contributed by atoms with Crippen molar-refractivity contribution in [1.29, 1.82) is 0 Å². The summed E-state index contributed by atoms with van der Waals surface area (Å²) in [5.41, 5.74) is 1.96. The summed E-state index contributed by atoms with van der Waals surface area (Å²) in [5.74, 6) is 0.308. The molecular weight excluding hydrogens is 228 g/mol. The number of hydrogen-bond acceptors (Lipinski definition) is 2. The lowest BCUT2D eigenvalue weighted by molar-refractivity contribution is -0.131. The lowest BCUT2D eigenvalue weighted by Crippen LogP contribution is -2.59. The van der Waals surface area contributed by atoms with E-state index in [1.807, 2.05) is 31.2 Å². The molecule has 3 rings (SSSR count). The summed E-state index contributed by atoms with van der Waals surface area (Å²) in [4.78, 5) is 25.6. The molecule has 94 valence electrons. The molecule has 1 saturated carbocycles. The molecule has 1 saturated heterocycles. The van der Waals surface area contributed by atoms with Crippen LogP contribution >= 0.6 is 0 Å². The quantitative estimate of drug-likeness (QED) is 0.850. The summed E-state index contributed by atoms with van der Waals surface area (Å²) in [6, 6.07) is 7.40. The number of anilines is 1. The maximum Gasteiger partial charge on any atom is 0.250 e. The van der Waals surface area contributed by atoms with E-state index in [0.29, 0.717) is 5.92 Å². The summed E-state index contributed by atoms with van der Waals surface area (Å²) < 4.78 is 0. The smallest absolute Gasteiger partial charge is 0.250 e. The van der Waals surface area contributed by atoms with Crippen molar-refractivity contribution >= 4 is 17.5 Å². The second kappa shape index (κ2) is 4.12. The predicted octanol–water partition coefficient (Wildman–Crippen LogP) is 1.24. The molecule has 4 heteroatoms. The van der Waals surface area contributed by atoms with Crippen LogP contribution in [-0.2, 0) is 9.59 Å². The third kappa shape index (κ3) is 1.98. The number of amides is 2. The van der Waals surface area contributed by atoms with E-state index in [1.165, 1.54) is 0 Å². The summed E-state index contributed by atoms with van der Waals surface area (Å²) >= 11 is 0. The largest absolute Gasteiger partial charge is 0.342 e. The summed E-state index contributed by atoms with van der Waals surface area (Å²) in [7, 11) is 0. The topological polar surface area (TPSA) is 49.4 Å². The maximum atomic E-state index is 12.3. The molecular formula is C14H16N2O2. The van der Waals surface area contributed by atoms with Gasteiger partial charge < -0.3 is 10.2 Å². The molecule has 2 aliphatic rings. The van der Waals surface area contributed by atoms with E-state index in [-0.39, 0.29) is 24.4 Å². The van der Waals surface area contributed by atoms with Crippen LogP contribution < -0.4 is 10.2 Å². The highest BCUT2D eigenvalue weighted by molar-refractivity contribution is 6.06. The fourth-order valence-corrected chi connectivity index (χ4v) is 2.36. The lowest BCUT2D eigenvalue weighted by Gasteiger charge is -2.32. The molecule has 18 heavy (non-hydrogen) atoms. The van der Waals surface area contributed by atoms with Gasteiger partial charge in [0.2, 0.25) is 11.8 Å². The normalized spacial score (nSPS) is 24.1. The second-order valence-electron chi connectivity index (χ2n) is 5.14. The van der Waals surface area contributed by atoms with Crippen LogP contribution in [0.4, 0.5) is 5.69 Å². The minimum atomic E-state index is -0.312. The van der Waals surface area contributed by atoms with Gasteiger partial charge in [0.25, 0.3) is 0 Å². The fraction of sp³-hybridized carbons (Fsp3) is 0.429. The van der Waals surface area contributed by atoms with Crippen LogP contribution in [-0.4, -0.2) is 24.4 Å². The van der Waals surface area contributed by atoms with E-state index >= 15 is 0 Å². The van der Waals surface area contributed by atoms with Crippen molar-refractivity contribution in [2.45, 2.75) is 25.8 Å². The van der Waals surface area contributed by atoms with E-state index < -0.39 is 0 Å². The zero-order valence-corrected chi connectivity index (χ0v) is 10.3. The molecule has 1 atom stereocenters. The summed E-state index contributed by atoms with van der Waals surface area (Å²) in [6.45, 7) is 2.13. The Morgan fingerprint density at radius 1 is 1.17 bits per heavy atom. The Bertz CT molecular complexity index is 491. The zero-order valence-electron chi connectivity index (χ0n) is 10.3. The first-order valence-electron chi connectivity index (χ1n) is 6.32. The average Bonchev–Trinajstić information content (AvgIpc) is 3.17. The van der Waals surface area contributed by atoms with Gasteiger partial charge in [-0.15, -0.1) is 0 Å². The first-order chi connectivity index (χ1) is 8.65. The van der Waals surface area contributed by atoms with Gasteiger partial charge >= 0.3 is 0 Å². The highest BCUT2D eigenvalue weighted by atomic mass is 16.2. The Morgan fingerprint density at radius 2 is 1.83 bits per heavy atom. The first-order valence-corrected chi connectivity index (χ1v) is 6.32. The van der Waals surface area contributed by atoms with Crippen molar-refractivity contribution in [1.82, 2.24) is 5.32 Å². The van der Waals surface area contributed by atoms with E-state index in [0.717, 1.165) is 24.1 Å². The maximum absolute atomic E-state index is 12.3. The van der Waals surface area contributed by atoms with Crippen LogP contribution in [0.25, 0.3) is 0 Å². The van der Waals surface area contributed by atoms with Crippen LogP contribution in [0.5, 0.6) is 0 Å². The van der Waals surface area contributed by atoms with Gasteiger partial charge in [0, 0.05) is 5.69 Å². The van der Waals surface area contributed by atoms with E-state index in [2.05, 4.69) is 5.32 Å². The van der Waals surface area contributed by atoms with Gasteiger partial charge in [-0.3, -0.25) is 9.59 Å². The molecule has 0 aromatic heterocycles. The van der Waals surface area contributed by atoms with Crippen LogP contribution in [0.1, 0.15) is 18.4 Å². The Morgan fingerprint density at radius 3 is 2.44 bits per heavy atom.